The predicted molar refractivity (Wildman–Crippen MR) is 72.3 cm³/mol. The number of alkyl halides is 3. The number of H-pyrrole nitrogens is 1. The highest BCUT2D eigenvalue weighted by atomic mass is 19.4. The minimum absolute atomic E-state index is 0.103. The van der Waals surface area contributed by atoms with Gasteiger partial charge in [-0.15, -0.1) is 0 Å². The van der Waals surface area contributed by atoms with Gasteiger partial charge in [-0.3, -0.25) is 5.10 Å². The molecule has 1 aromatic rings. The van der Waals surface area contributed by atoms with Gasteiger partial charge in [0, 0.05) is 17.2 Å². The average molecular weight is 289 g/mol. The van der Waals surface area contributed by atoms with E-state index in [1.165, 1.54) is 0 Å². The third-order valence-corrected chi connectivity index (χ3v) is 4.09. The maximum Gasteiger partial charge on any atom is 0.391 e. The molecule has 0 saturated heterocycles. The standard InChI is InChI=1S/C14H22F3N3/c1-8(2)6-11-12(19-20-13(11)18)9-4-3-5-10(7-9)14(15,16)17/h8-10H,3-7H2,1-2H3,(H3,18,19,20). The van der Waals surface area contributed by atoms with Crippen molar-refractivity contribution >= 4 is 5.82 Å². The third kappa shape index (κ3) is 3.27. The van der Waals surface area contributed by atoms with E-state index < -0.39 is 12.1 Å². The summed E-state index contributed by atoms with van der Waals surface area (Å²) in [5.41, 5.74) is 7.59. The molecule has 2 rings (SSSR count). The maximum absolute atomic E-state index is 12.9. The molecule has 3 nitrogen and oxygen atoms in total. The maximum atomic E-state index is 12.9. The second kappa shape index (κ2) is 5.66. The molecule has 0 spiro atoms. The second-order valence-corrected chi connectivity index (χ2v) is 6.20. The van der Waals surface area contributed by atoms with E-state index in [0.29, 0.717) is 18.2 Å². The van der Waals surface area contributed by atoms with E-state index in [1.54, 1.807) is 0 Å². The molecule has 1 aliphatic carbocycles. The number of aromatic amines is 1. The summed E-state index contributed by atoms with van der Waals surface area (Å²) in [6, 6.07) is 0. The Bertz CT molecular complexity index is 451. The summed E-state index contributed by atoms with van der Waals surface area (Å²) < 4.78 is 38.7. The molecule has 0 bridgehead atoms. The van der Waals surface area contributed by atoms with Crippen LogP contribution in [0.4, 0.5) is 19.0 Å². The van der Waals surface area contributed by atoms with Crippen molar-refractivity contribution in [2.75, 3.05) is 5.73 Å². The Hall–Kier alpha value is -1.20. The fourth-order valence-corrected chi connectivity index (χ4v) is 3.10. The number of halogens is 3. The number of hydrogen-bond donors (Lipinski definition) is 2. The van der Waals surface area contributed by atoms with Crippen LogP contribution in [0.5, 0.6) is 0 Å². The highest BCUT2D eigenvalue weighted by molar-refractivity contribution is 5.43. The quantitative estimate of drug-likeness (QED) is 0.882. The van der Waals surface area contributed by atoms with Crippen LogP contribution in [0.2, 0.25) is 0 Å². The van der Waals surface area contributed by atoms with Crippen LogP contribution < -0.4 is 5.73 Å². The summed E-state index contributed by atoms with van der Waals surface area (Å²) in [6.45, 7) is 4.13. The molecule has 20 heavy (non-hydrogen) atoms. The van der Waals surface area contributed by atoms with Gasteiger partial charge in [0.25, 0.3) is 0 Å². The molecule has 1 fully saturated rings. The molecule has 2 unspecified atom stereocenters. The minimum atomic E-state index is -4.09. The summed E-state index contributed by atoms with van der Waals surface area (Å²) in [6.07, 6.45) is -1.57. The van der Waals surface area contributed by atoms with Gasteiger partial charge in [0.1, 0.15) is 5.82 Å². The SMILES string of the molecule is CC(C)Cc1c(N)n[nH]c1C1CCCC(C(F)(F)F)C1. The van der Waals surface area contributed by atoms with Crippen molar-refractivity contribution in [1.82, 2.24) is 10.2 Å². The van der Waals surface area contributed by atoms with Crippen molar-refractivity contribution in [3.63, 3.8) is 0 Å². The molecule has 0 amide bonds. The number of nitrogens with zero attached hydrogens (tertiary/aromatic N) is 1. The molecule has 3 N–H and O–H groups in total. The molecule has 1 aromatic heterocycles. The van der Waals surface area contributed by atoms with Gasteiger partial charge in [-0.2, -0.15) is 18.3 Å². The lowest BCUT2D eigenvalue weighted by molar-refractivity contribution is -0.183. The van der Waals surface area contributed by atoms with Crippen LogP contribution in [0.25, 0.3) is 0 Å². The molecule has 2 atom stereocenters. The van der Waals surface area contributed by atoms with Gasteiger partial charge in [0.15, 0.2) is 0 Å². The molecule has 0 aliphatic heterocycles. The zero-order valence-electron chi connectivity index (χ0n) is 11.9. The van der Waals surface area contributed by atoms with E-state index in [4.69, 9.17) is 5.73 Å². The van der Waals surface area contributed by atoms with Crippen LogP contribution in [0, 0.1) is 11.8 Å². The predicted octanol–water partition coefficient (Wildman–Crippen LogP) is 4.03. The van der Waals surface area contributed by atoms with Gasteiger partial charge >= 0.3 is 6.18 Å². The van der Waals surface area contributed by atoms with E-state index in [0.717, 1.165) is 24.1 Å². The highest BCUT2D eigenvalue weighted by Crippen LogP contribution is 2.44. The molecule has 1 heterocycles. The average Bonchev–Trinajstić information content (AvgIpc) is 2.70. The summed E-state index contributed by atoms with van der Waals surface area (Å²) >= 11 is 0. The fraction of sp³-hybridized carbons (Fsp3) is 0.786. The number of nitrogens with two attached hydrogens (primary N) is 1. The van der Waals surface area contributed by atoms with Crippen molar-refractivity contribution in [3.05, 3.63) is 11.3 Å². The van der Waals surface area contributed by atoms with E-state index >= 15 is 0 Å². The normalized spacial score (nSPS) is 24.3. The molecule has 1 saturated carbocycles. The molecule has 0 aromatic carbocycles. The number of hydrogen-bond acceptors (Lipinski definition) is 2. The summed E-state index contributed by atoms with van der Waals surface area (Å²) in [5, 5.41) is 6.88. The molecule has 1 aliphatic rings. The first kappa shape index (κ1) is 15.2. The van der Waals surface area contributed by atoms with Crippen LogP contribution in [0.3, 0.4) is 0 Å². The Morgan fingerprint density at radius 1 is 1.35 bits per heavy atom. The van der Waals surface area contributed by atoms with Crippen LogP contribution in [-0.4, -0.2) is 16.4 Å². The molecule has 0 radical (unpaired) electrons. The van der Waals surface area contributed by atoms with Crippen molar-refractivity contribution in [2.45, 2.75) is 58.0 Å². The second-order valence-electron chi connectivity index (χ2n) is 6.20. The van der Waals surface area contributed by atoms with Crippen molar-refractivity contribution < 1.29 is 13.2 Å². The van der Waals surface area contributed by atoms with Gasteiger partial charge in [0.2, 0.25) is 0 Å². The van der Waals surface area contributed by atoms with Gasteiger partial charge < -0.3 is 5.73 Å². The number of nitrogens with one attached hydrogen (secondary N) is 1. The van der Waals surface area contributed by atoms with Gasteiger partial charge in [-0.25, -0.2) is 0 Å². The number of rotatable bonds is 3. The Labute approximate surface area is 117 Å². The topological polar surface area (TPSA) is 54.7 Å². The Morgan fingerprint density at radius 3 is 2.65 bits per heavy atom. The number of aromatic nitrogens is 2. The Kier molecular flexibility index (Phi) is 4.30. The summed E-state index contributed by atoms with van der Waals surface area (Å²) in [4.78, 5) is 0. The lowest BCUT2D eigenvalue weighted by atomic mass is 9.78. The van der Waals surface area contributed by atoms with Gasteiger partial charge in [0.05, 0.1) is 5.92 Å². The molecular formula is C14H22F3N3. The van der Waals surface area contributed by atoms with Gasteiger partial charge in [-0.1, -0.05) is 20.3 Å². The van der Waals surface area contributed by atoms with Crippen LogP contribution in [0.1, 0.15) is 56.7 Å². The van der Waals surface area contributed by atoms with E-state index in [-0.39, 0.29) is 18.8 Å². The van der Waals surface area contributed by atoms with Crippen molar-refractivity contribution in [2.24, 2.45) is 11.8 Å². The first-order chi connectivity index (χ1) is 9.29. The van der Waals surface area contributed by atoms with E-state index in [9.17, 15) is 13.2 Å². The summed E-state index contributed by atoms with van der Waals surface area (Å²) in [7, 11) is 0. The number of anilines is 1. The van der Waals surface area contributed by atoms with Crippen LogP contribution >= 0.6 is 0 Å². The Morgan fingerprint density at radius 2 is 2.05 bits per heavy atom. The van der Waals surface area contributed by atoms with E-state index in [2.05, 4.69) is 24.0 Å². The first-order valence-electron chi connectivity index (χ1n) is 7.18. The minimum Gasteiger partial charge on any atom is -0.382 e. The lowest BCUT2D eigenvalue weighted by Crippen LogP contribution is -2.28. The monoisotopic (exact) mass is 289 g/mol. The lowest BCUT2D eigenvalue weighted by Gasteiger charge is -2.30. The zero-order chi connectivity index (χ0) is 14.9. The number of nitrogen functional groups attached to an aromatic ring is 1. The van der Waals surface area contributed by atoms with Crippen LogP contribution in [0.15, 0.2) is 0 Å². The van der Waals surface area contributed by atoms with Crippen molar-refractivity contribution in [3.8, 4) is 0 Å². The summed E-state index contributed by atoms with van der Waals surface area (Å²) in [5.74, 6) is -0.468. The Balaban J connectivity index is 2.19. The molecule has 6 heteroatoms. The largest absolute Gasteiger partial charge is 0.391 e. The van der Waals surface area contributed by atoms with Crippen LogP contribution in [-0.2, 0) is 6.42 Å². The third-order valence-electron chi connectivity index (χ3n) is 4.09. The molecular weight excluding hydrogens is 267 g/mol. The molecule has 114 valence electrons. The zero-order valence-corrected chi connectivity index (χ0v) is 11.9. The highest BCUT2D eigenvalue weighted by Gasteiger charge is 2.43. The van der Waals surface area contributed by atoms with Crippen molar-refractivity contribution in [1.29, 1.82) is 0 Å². The fourth-order valence-electron chi connectivity index (χ4n) is 3.10. The smallest absolute Gasteiger partial charge is 0.382 e. The van der Waals surface area contributed by atoms with E-state index in [1.807, 2.05) is 0 Å². The van der Waals surface area contributed by atoms with Gasteiger partial charge in [-0.05, 0) is 31.6 Å². The first-order valence-corrected chi connectivity index (χ1v) is 7.18.